The minimum absolute atomic E-state index is 0.564. The predicted molar refractivity (Wildman–Crippen MR) is 116 cm³/mol. The maximum atomic E-state index is 5.88. The summed E-state index contributed by atoms with van der Waals surface area (Å²) < 4.78 is 0. The fraction of sp³-hybridized carbons (Fsp3) is 0.182. The number of alkyl halides is 2. The van der Waals surface area contributed by atoms with Crippen LogP contribution in [0.4, 0.5) is 17.1 Å². The van der Waals surface area contributed by atoms with Crippen LogP contribution in [0.15, 0.2) is 89.1 Å². The van der Waals surface area contributed by atoms with Gasteiger partial charge in [-0.15, -0.1) is 28.3 Å². The Balaban J connectivity index is 1.79. The van der Waals surface area contributed by atoms with Gasteiger partial charge in [-0.1, -0.05) is 48.5 Å². The topological polar surface area (TPSA) is 28.0 Å². The molecule has 0 aliphatic heterocycles. The van der Waals surface area contributed by atoms with Gasteiger partial charge in [0.25, 0.3) is 0 Å². The Labute approximate surface area is 170 Å². The van der Waals surface area contributed by atoms with Crippen LogP contribution >= 0.6 is 23.2 Å². The smallest absolute Gasteiger partial charge is 0.0935 e. The number of benzene rings is 3. The van der Waals surface area contributed by atoms with Crippen LogP contribution in [-0.4, -0.2) is 24.8 Å². The van der Waals surface area contributed by atoms with Crippen molar-refractivity contribution in [3.63, 3.8) is 0 Å². The summed E-state index contributed by atoms with van der Waals surface area (Å²) in [6.45, 7) is 1.53. The molecule has 0 saturated heterocycles. The largest absolute Gasteiger partial charge is 0.369 e. The van der Waals surface area contributed by atoms with Crippen LogP contribution in [0, 0.1) is 0 Å². The van der Waals surface area contributed by atoms with Gasteiger partial charge in [-0.2, -0.15) is 5.11 Å². The van der Waals surface area contributed by atoms with Crippen LogP contribution in [0.5, 0.6) is 0 Å². The van der Waals surface area contributed by atoms with E-state index < -0.39 is 0 Å². The number of anilines is 1. The van der Waals surface area contributed by atoms with Crippen LogP contribution in [-0.2, 0) is 0 Å². The van der Waals surface area contributed by atoms with E-state index in [0.717, 1.165) is 41.3 Å². The summed E-state index contributed by atoms with van der Waals surface area (Å²) in [7, 11) is 0. The molecule has 3 rings (SSSR count). The third-order valence-electron chi connectivity index (χ3n) is 4.19. The maximum absolute atomic E-state index is 5.88. The molecule has 27 heavy (non-hydrogen) atoms. The van der Waals surface area contributed by atoms with Gasteiger partial charge in [0.05, 0.1) is 11.4 Å². The molecule has 0 spiro atoms. The summed E-state index contributed by atoms with van der Waals surface area (Å²) in [5.41, 5.74) is 4.92. The van der Waals surface area contributed by atoms with Gasteiger partial charge in [0.2, 0.25) is 0 Å². The summed E-state index contributed by atoms with van der Waals surface area (Å²) in [5.74, 6) is 1.13. The van der Waals surface area contributed by atoms with Crippen molar-refractivity contribution in [3.8, 4) is 11.1 Å². The van der Waals surface area contributed by atoms with Crippen molar-refractivity contribution >= 4 is 40.3 Å². The molecular formula is C22H21Cl2N3. The van der Waals surface area contributed by atoms with Crippen molar-refractivity contribution in [2.24, 2.45) is 10.2 Å². The zero-order valence-electron chi connectivity index (χ0n) is 14.9. The number of halogens is 2. The van der Waals surface area contributed by atoms with E-state index in [1.54, 1.807) is 0 Å². The van der Waals surface area contributed by atoms with Gasteiger partial charge in [0.1, 0.15) is 0 Å². The summed E-state index contributed by atoms with van der Waals surface area (Å²) in [4.78, 5) is 2.16. The Bertz CT molecular complexity index is 858. The third kappa shape index (κ3) is 5.31. The van der Waals surface area contributed by atoms with E-state index in [1.807, 2.05) is 60.7 Å². The lowest BCUT2D eigenvalue weighted by Crippen LogP contribution is -2.27. The molecule has 0 atom stereocenters. The third-order valence-corrected chi connectivity index (χ3v) is 4.52. The van der Waals surface area contributed by atoms with E-state index in [1.165, 1.54) is 0 Å². The molecule has 0 N–H and O–H groups in total. The van der Waals surface area contributed by atoms with Crippen molar-refractivity contribution in [2.75, 3.05) is 29.7 Å². The number of azo groups is 1. The van der Waals surface area contributed by atoms with Crippen LogP contribution in [0.2, 0.25) is 0 Å². The quantitative estimate of drug-likeness (QED) is 0.295. The first-order chi connectivity index (χ1) is 13.3. The molecule has 138 valence electrons. The Morgan fingerprint density at radius 3 is 1.96 bits per heavy atom. The van der Waals surface area contributed by atoms with E-state index in [-0.39, 0.29) is 0 Å². The SMILES string of the molecule is ClCCN(CCCl)c1ccc(N=Nc2ccccc2-c2ccccc2)cc1. The second-order valence-corrected chi connectivity index (χ2v) is 6.72. The average molecular weight is 398 g/mol. The number of hydrogen-bond acceptors (Lipinski definition) is 3. The molecule has 5 heteroatoms. The lowest BCUT2D eigenvalue weighted by molar-refractivity contribution is 0.874. The molecule has 0 unspecified atom stereocenters. The van der Waals surface area contributed by atoms with Crippen LogP contribution < -0.4 is 4.90 Å². The number of nitrogens with zero attached hydrogens (tertiary/aromatic N) is 3. The Morgan fingerprint density at radius 1 is 0.667 bits per heavy atom. The fourth-order valence-corrected chi connectivity index (χ4v) is 3.25. The summed E-state index contributed by atoms with van der Waals surface area (Å²) in [6, 6.07) is 26.2. The van der Waals surface area contributed by atoms with Gasteiger partial charge in [-0.05, 0) is 35.9 Å². The zero-order chi connectivity index (χ0) is 18.9. The van der Waals surface area contributed by atoms with Gasteiger partial charge in [0, 0.05) is 36.1 Å². The highest BCUT2D eigenvalue weighted by Crippen LogP contribution is 2.31. The maximum Gasteiger partial charge on any atom is 0.0935 e. The lowest BCUT2D eigenvalue weighted by atomic mass is 10.0. The summed E-state index contributed by atoms with van der Waals surface area (Å²) >= 11 is 11.8. The van der Waals surface area contributed by atoms with Gasteiger partial charge in [0.15, 0.2) is 0 Å². The molecule has 0 aliphatic carbocycles. The minimum Gasteiger partial charge on any atom is -0.369 e. The van der Waals surface area contributed by atoms with Crippen LogP contribution in [0.3, 0.4) is 0 Å². The van der Waals surface area contributed by atoms with E-state index in [4.69, 9.17) is 23.2 Å². The van der Waals surface area contributed by atoms with Gasteiger partial charge in [-0.25, -0.2) is 0 Å². The molecule has 3 aromatic rings. The molecule has 3 nitrogen and oxygen atoms in total. The molecule has 0 aromatic heterocycles. The van der Waals surface area contributed by atoms with Crippen molar-refractivity contribution < 1.29 is 0 Å². The standard InChI is InChI=1S/C22H21Cl2N3/c23-14-16-27(17-15-24)20-12-10-19(11-13-20)25-26-22-9-5-4-8-21(22)18-6-2-1-3-7-18/h1-13H,14-17H2. The van der Waals surface area contributed by atoms with Crippen molar-refractivity contribution in [1.82, 2.24) is 0 Å². The molecule has 0 heterocycles. The second kappa shape index (κ2) is 10.1. The van der Waals surface area contributed by atoms with Crippen molar-refractivity contribution in [2.45, 2.75) is 0 Å². The first-order valence-corrected chi connectivity index (χ1v) is 9.92. The minimum atomic E-state index is 0.564. The second-order valence-electron chi connectivity index (χ2n) is 5.96. The Morgan fingerprint density at radius 2 is 1.30 bits per heavy atom. The molecule has 0 saturated carbocycles. The monoisotopic (exact) mass is 397 g/mol. The van der Waals surface area contributed by atoms with E-state index in [2.05, 4.69) is 33.3 Å². The molecule has 3 aromatic carbocycles. The normalized spacial score (nSPS) is 11.0. The van der Waals surface area contributed by atoms with Crippen LogP contribution in [0.25, 0.3) is 11.1 Å². The summed E-state index contributed by atoms with van der Waals surface area (Å²) in [6.07, 6.45) is 0. The Kier molecular flexibility index (Phi) is 7.26. The Hall–Kier alpha value is -2.36. The lowest BCUT2D eigenvalue weighted by Gasteiger charge is -2.22. The highest BCUT2D eigenvalue weighted by atomic mass is 35.5. The highest BCUT2D eigenvalue weighted by molar-refractivity contribution is 6.18. The molecule has 0 aliphatic rings. The first-order valence-electron chi connectivity index (χ1n) is 8.85. The predicted octanol–water partition coefficient (Wildman–Crippen LogP) is 7.05. The highest BCUT2D eigenvalue weighted by Gasteiger charge is 2.06. The molecule has 0 fully saturated rings. The van der Waals surface area contributed by atoms with E-state index >= 15 is 0 Å². The van der Waals surface area contributed by atoms with Gasteiger partial charge in [-0.3, -0.25) is 0 Å². The van der Waals surface area contributed by atoms with E-state index in [0.29, 0.717) is 11.8 Å². The molecule has 0 bridgehead atoms. The number of rotatable bonds is 8. The van der Waals surface area contributed by atoms with E-state index in [9.17, 15) is 0 Å². The zero-order valence-corrected chi connectivity index (χ0v) is 16.4. The fourth-order valence-electron chi connectivity index (χ4n) is 2.84. The van der Waals surface area contributed by atoms with Gasteiger partial charge >= 0.3 is 0 Å². The first kappa shape index (κ1) is 19.4. The van der Waals surface area contributed by atoms with Crippen LogP contribution in [0.1, 0.15) is 0 Å². The molecule has 0 radical (unpaired) electrons. The summed E-state index contributed by atoms with van der Waals surface area (Å²) in [5, 5.41) is 8.88. The molecular weight excluding hydrogens is 377 g/mol. The van der Waals surface area contributed by atoms with Crippen molar-refractivity contribution in [1.29, 1.82) is 0 Å². The molecule has 0 amide bonds. The van der Waals surface area contributed by atoms with Crippen molar-refractivity contribution in [3.05, 3.63) is 78.9 Å². The average Bonchev–Trinajstić information content (AvgIpc) is 2.73. The van der Waals surface area contributed by atoms with Gasteiger partial charge < -0.3 is 4.90 Å². The number of hydrogen-bond donors (Lipinski definition) is 0.